The van der Waals surface area contributed by atoms with E-state index in [1.807, 2.05) is 0 Å². The summed E-state index contributed by atoms with van der Waals surface area (Å²) in [5.41, 5.74) is -0.214. The molecule has 1 heterocycles. The van der Waals surface area contributed by atoms with E-state index >= 15 is 0 Å². The molecular formula is C14H15ClN4O3. The molecule has 0 atom stereocenters. The first-order valence-electron chi connectivity index (χ1n) is 6.49. The van der Waals surface area contributed by atoms with Crippen LogP contribution in [0, 0.1) is 0 Å². The van der Waals surface area contributed by atoms with Crippen LogP contribution in [-0.4, -0.2) is 34.0 Å². The molecule has 2 aromatic rings. The summed E-state index contributed by atoms with van der Waals surface area (Å²) in [6, 6.07) is 8.24. The Morgan fingerprint density at radius 2 is 2.05 bits per heavy atom. The van der Waals surface area contributed by atoms with E-state index in [9.17, 15) is 9.59 Å². The topological polar surface area (TPSA) is 90.7 Å². The average molecular weight is 323 g/mol. The second kappa shape index (κ2) is 7.06. The largest absolute Gasteiger partial charge is 0.394 e. The molecule has 0 aliphatic heterocycles. The number of hydrogen-bond donors (Lipinski definition) is 2. The van der Waals surface area contributed by atoms with Crippen molar-refractivity contribution in [1.29, 1.82) is 0 Å². The zero-order valence-electron chi connectivity index (χ0n) is 11.9. The van der Waals surface area contributed by atoms with Crippen molar-refractivity contribution < 1.29 is 5.11 Å². The lowest BCUT2D eigenvalue weighted by Crippen LogP contribution is -2.35. The lowest BCUT2D eigenvalue weighted by Gasteiger charge is -2.17. The smallest absolute Gasteiger partial charge is 0.329 e. The third-order valence-electron chi connectivity index (χ3n) is 2.94. The monoisotopic (exact) mass is 322 g/mol. The first kappa shape index (κ1) is 16.0. The fourth-order valence-electron chi connectivity index (χ4n) is 1.70. The van der Waals surface area contributed by atoms with Crippen molar-refractivity contribution in [2.24, 2.45) is 12.1 Å². The molecule has 116 valence electrons. The van der Waals surface area contributed by atoms with E-state index in [0.29, 0.717) is 5.02 Å². The fraction of sp³-hybridized carbons (Fsp3) is 0.214. The van der Waals surface area contributed by atoms with Crippen LogP contribution in [0.5, 0.6) is 0 Å². The minimum absolute atomic E-state index is 0.132. The Morgan fingerprint density at radius 3 is 2.64 bits per heavy atom. The van der Waals surface area contributed by atoms with Gasteiger partial charge in [0.2, 0.25) is 0 Å². The summed E-state index contributed by atoms with van der Waals surface area (Å²) in [5, 5.41) is 15.3. The molecule has 0 fully saturated rings. The van der Waals surface area contributed by atoms with Gasteiger partial charge in [-0.3, -0.25) is 14.3 Å². The van der Waals surface area contributed by atoms with Crippen molar-refractivity contribution in [1.82, 2.24) is 9.55 Å². The van der Waals surface area contributed by atoms with Crippen molar-refractivity contribution in [2.75, 3.05) is 18.2 Å². The molecule has 0 spiro atoms. The van der Waals surface area contributed by atoms with E-state index in [4.69, 9.17) is 16.7 Å². The van der Waals surface area contributed by atoms with Crippen LogP contribution in [0.4, 0.5) is 5.82 Å². The minimum Gasteiger partial charge on any atom is -0.394 e. The number of aromatic nitrogens is 2. The van der Waals surface area contributed by atoms with Crippen LogP contribution in [0.25, 0.3) is 0 Å². The molecule has 0 aliphatic rings. The zero-order chi connectivity index (χ0) is 16.1. The normalized spacial score (nSPS) is 11.0. The maximum absolute atomic E-state index is 11.7. The number of hydrazone groups is 1. The molecule has 0 saturated heterocycles. The summed E-state index contributed by atoms with van der Waals surface area (Å²) >= 11 is 5.80. The lowest BCUT2D eigenvalue weighted by molar-refractivity contribution is 0.302. The van der Waals surface area contributed by atoms with Gasteiger partial charge in [0.1, 0.15) is 5.82 Å². The number of H-pyrrole nitrogens is 1. The number of aromatic amines is 1. The number of aliphatic hydroxyl groups is 1. The quantitative estimate of drug-likeness (QED) is 0.621. The van der Waals surface area contributed by atoms with Gasteiger partial charge in [0, 0.05) is 18.1 Å². The van der Waals surface area contributed by atoms with Crippen LogP contribution in [0.15, 0.2) is 45.0 Å². The third-order valence-corrected chi connectivity index (χ3v) is 3.19. The molecule has 7 nitrogen and oxygen atoms in total. The van der Waals surface area contributed by atoms with Gasteiger partial charge in [-0.25, -0.2) is 9.80 Å². The Hall–Kier alpha value is -2.38. The second-order valence-electron chi connectivity index (χ2n) is 4.50. The molecule has 1 aromatic carbocycles. The van der Waals surface area contributed by atoms with Crippen molar-refractivity contribution in [3.8, 4) is 0 Å². The number of hydrogen-bond acceptors (Lipinski definition) is 5. The van der Waals surface area contributed by atoms with Gasteiger partial charge in [0.15, 0.2) is 0 Å². The third kappa shape index (κ3) is 3.84. The lowest BCUT2D eigenvalue weighted by atomic mass is 10.2. The summed E-state index contributed by atoms with van der Waals surface area (Å²) in [4.78, 5) is 25.8. The number of nitrogens with zero attached hydrogens (tertiary/aromatic N) is 3. The Labute approximate surface area is 131 Å². The first-order valence-corrected chi connectivity index (χ1v) is 6.87. The summed E-state index contributed by atoms with van der Waals surface area (Å²) in [6.45, 7) is -0.0532. The fourth-order valence-corrected chi connectivity index (χ4v) is 1.83. The van der Waals surface area contributed by atoms with E-state index in [1.165, 1.54) is 18.1 Å². The average Bonchev–Trinajstić information content (AvgIpc) is 2.50. The standard InChI is InChI=1S/C14H15ClN4O3/c1-18-13(21)8-12(17-14(18)22)19(6-7-20)16-9-10-2-4-11(15)5-3-10/h2-5,8-9,20H,6-7H2,1H3,(H,17,22). The van der Waals surface area contributed by atoms with Gasteiger partial charge in [-0.1, -0.05) is 23.7 Å². The van der Waals surface area contributed by atoms with Gasteiger partial charge in [-0.2, -0.15) is 5.10 Å². The minimum atomic E-state index is -0.549. The predicted molar refractivity (Wildman–Crippen MR) is 85.8 cm³/mol. The van der Waals surface area contributed by atoms with Gasteiger partial charge >= 0.3 is 5.69 Å². The van der Waals surface area contributed by atoms with E-state index in [-0.39, 0.29) is 19.0 Å². The van der Waals surface area contributed by atoms with E-state index < -0.39 is 11.2 Å². The molecular weight excluding hydrogens is 308 g/mol. The number of rotatable bonds is 5. The van der Waals surface area contributed by atoms with Crippen LogP contribution >= 0.6 is 11.6 Å². The number of halogens is 1. The van der Waals surface area contributed by atoms with Crippen LogP contribution in [0.3, 0.4) is 0 Å². The second-order valence-corrected chi connectivity index (χ2v) is 4.94. The Bertz CT molecular complexity index is 749. The van der Waals surface area contributed by atoms with Gasteiger partial charge in [0.05, 0.1) is 19.4 Å². The number of anilines is 1. The Morgan fingerprint density at radius 1 is 1.36 bits per heavy atom. The Balaban J connectivity index is 2.32. The SMILES string of the molecule is Cn1c(=O)cc(N(CCO)N=Cc2ccc(Cl)cc2)[nH]c1=O. The summed E-state index contributed by atoms with van der Waals surface area (Å²) < 4.78 is 0.948. The van der Waals surface area contributed by atoms with Crippen LogP contribution in [0.1, 0.15) is 5.56 Å². The number of nitrogens with one attached hydrogen (secondary N) is 1. The van der Waals surface area contributed by atoms with Gasteiger partial charge in [-0.05, 0) is 17.7 Å². The van der Waals surface area contributed by atoms with Crippen molar-refractivity contribution in [2.45, 2.75) is 0 Å². The molecule has 22 heavy (non-hydrogen) atoms. The van der Waals surface area contributed by atoms with Gasteiger partial charge < -0.3 is 5.11 Å². The number of benzene rings is 1. The molecule has 0 aliphatic carbocycles. The highest BCUT2D eigenvalue weighted by Gasteiger charge is 2.08. The van der Waals surface area contributed by atoms with Gasteiger partial charge in [0.25, 0.3) is 5.56 Å². The highest BCUT2D eigenvalue weighted by Crippen LogP contribution is 2.09. The van der Waals surface area contributed by atoms with Crippen LogP contribution in [0.2, 0.25) is 5.02 Å². The highest BCUT2D eigenvalue weighted by atomic mass is 35.5. The van der Waals surface area contributed by atoms with Crippen molar-refractivity contribution in [3.63, 3.8) is 0 Å². The number of aliphatic hydroxyl groups excluding tert-OH is 1. The van der Waals surface area contributed by atoms with Crippen LogP contribution in [-0.2, 0) is 7.05 Å². The van der Waals surface area contributed by atoms with Gasteiger partial charge in [-0.15, -0.1) is 0 Å². The van der Waals surface area contributed by atoms with E-state index in [2.05, 4.69) is 10.1 Å². The molecule has 0 saturated carbocycles. The zero-order valence-corrected chi connectivity index (χ0v) is 12.6. The predicted octanol–water partition coefficient (Wildman–Crippen LogP) is 0.560. The molecule has 1 aromatic heterocycles. The van der Waals surface area contributed by atoms with Crippen molar-refractivity contribution >= 4 is 23.6 Å². The molecule has 2 rings (SSSR count). The first-order chi connectivity index (χ1) is 10.5. The van der Waals surface area contributed by atoms with Crippen molar-refractivity contribution in [3.05, 3.63) is 61.8 Å². The molecule has 0 radical (unpaired) electrons. The summed E-state index contributed by atoms with van der Waals surface area (Å²) in [6.07, 6.45) is 1.54. The summed E-state index contributed by atoms with van der Waals surface area (Å²) in [7, 11) is 1.37. The molecule has 0 unspecified atom stereocenters. The van der Waals surface area contributed by atoms with E-state index in [1.54, 1.807) is 30.5 Å². The van der Waals surface area contributed by atoms with E-state index in [0.717, 1.165) is 10.1 Å². The summed E-state index contributed by atoms with van der Waals surface area (Å²) in [5.74, 6) is 0.215. The molecule has 0 amide bonds. The highest BCUT2D eigenvalue weighted by molar-refractivity contribution is 6.30. The maximum atomic E-state index is 11.7. The van der Waals surface area contributed by atoms with Crippen LogP contribution < -0.4 is 16.3 Å². The Kier molecular flexibility index (Phi) is 5.13. The molecule has 0 bridgehead atoms. The molecule has 2 N–H and O–H groups in total. The molecule has 8 heteroatoms. The maximum Gasteiger partial charge on any atom is 0.329 e.